The van der Waals surface area contributed by atoms with E-state index in [0.29, 0.717) is 40.4 Å². The molecule has 0 fully saturated rings. The van der Waals surface area contributed by atoms with Gasteiger partial charge in [0.1, 0.15) is 11.6 Å². The van der Waals surface area contributed by atoms with Gasteiger partial charge in [0.05, 0.1) is 16.9 Å². The Morgan fingerprint density at radius 3 is 2.40 bits per heavy atom. The molecule has 0 aliphatic heterocycles. The molecule has 4 rings (SSSR count). The first-order chi connectivity index (χ1) is 16.5. The van der Waals surface area contributed by atoms with Crippen molar-refractivity contribution in [1.29, 1.82) is 0 Å². The standard InChI is InChI=1S/C25H20F4N4O2/c1-13-6-4-5-7-20(13)31-23-21(10-17(12-30-23)22-14(2)33-35-15(22)3)32-24(34)16-8-18(25(27,28)29)11-19(26)9-16/h4-12H,1-3H3,(H,30,31)(H,32,34). The van der Waals surface area contributed by atoms with E-state index < -0.39 is 29.0 Å². The molecule has 2 N–H and O–H groups in total. The van der Waals surface area contributed by atoms with Crippen molar-refractivity contribution in [3.05, 3.63) is 88.7 Å². The first-order valence-electron chi connectivity index (χ1n) is 10.5. The van der Waals surface area contributed by atoms with Gasteiger partial charge >= 0.3 is 6.18 Å². The third kappa shape index (κ3) is 5.16. The number of hydrogen-bond donors (Lipinski definition) is 2. The van der Waals surface area contributed by atoms with Crippen molar-refractivity contribution in [3.63, 3.8) is 0 Å². The van der Waals surface area contributed by atoms with Crippen LogP contribution in [0.1, 0.15) is 32.9 Å². The van der Waals surface area contributed by atoms with Gasteiger partial charge < -0.3 is 15.2 Å². The molecule has 1 amide bonds. The zero-order chi connectivity index (χ0) is 25.3. The van der Waals surface area contributed by atoms with Gasteiger partial charge in [0.25, 0.3) is 5.91 Å². The van der Waals surface area contributed by atoms with Crippen LogP contribution in [-0.2, 0) is 6.18 Å². The number of aryl methyl sites for hydroxylation is 3. The van der Waals surface area contributed by atoms with E-state index in [1.165, 1.54) is 0 Å². The second-order valence-electron chi connectivity index (χ2n) is 7.94. The highest BCUT2D eigenvalue weighted by atomic mass is 19.4. The Hall–Kier alpha value is -4.21. The molecule has 2 aromatic heterocycles. The van der Waals surface area contributed by atoms with Crippen LogP contribution in [0.3, 0.4) is 0 Å². The van der Waals surface area contributed by atoms with Gasteiger partial charge in [0.15, 0.2) is 5.82 Å². The molecule has 0 radical (unpaired) electrons. The third-order valence-corrected chi connectivity index (χ3v) is 5.34. The fraction of sp³-hybridized carbons (Fsp3) is 0.160. The molecule has 0 bridgehead atoms. The first kappa shape index (κ1) is 23.9. The van der Waals surface area contributed by atoms with Gasteiger partial charge in [0.2, 0.25) is 0 Å². The van der Waals surface area contributed by atoms with E-state index in [-0.39, 0.29) is 11.5 Å². The number of halogens is 4. The quantitative estimate of drug-likeness (QED) is 0.304. The minimum absolute atomic E-state index is 0.175. The highest BCUT2D eigenvalue weighted by Gasteiger charge is 2.32. The van der Waals surface area contributed by atoms with E-state index in [4.69, 9.17) is 4.52 Å². The number of hydrogen-bond acceptors (Lipinski definition) is 5. The van der Waals surface area contributed by atoms with E-state index >= 15 is 0 Å². The second-order valence-corrected chi connectivity index (χ2v) is 7.94. The number of benzene rings is 2. The van der Waals surface area contributed by atoms with E-state index in [0.717, 1.165) is 11.6 Å². The van der Waals surface area contributed by atoms with E-state index in [2.05, 4.69) is 20.8 Å². The minimum Gasteiger partial charge on any atom is -0.361 e. The molecular formula is C25H20F4N4O2. The number of para-hydroxylation sites is 1. The summed E-state index contributed by atoms with van der Waals surface area (Å²) >= 11 is 0. The van der Waals surface area contributed by atoms with Crippen molar-refractivity contribution in [1.82, 2.24) is 10.1 Å². The summed E-state index contributed by atoms with van der Waals surface area (Å²) in [5, 5.41) is 9.61. The van der Waals surface area contributed by atoms with Crippen LogP contribution in [-0.4, -0.2) is 16.0 Å². The van der Waals surface area contributed by atoms with Crippen LogP contribution in [0.4, 0.5) is 34.8 Å². The molecular weight excluding hydrogens is 464 g/mol. The number of amides is 1. The summed E-state index contributed by atoms with van der Waals surface area (Å²) in [6.07, 6.45) is -3.24. The van der Waals surface area contributed by atoms with Gasteiger partial charge in [0, 0.05) is 28.6 Å². The first-order valence-corrected chi connectivity index (χ1v) is 10.5. The average Bonchev–Trinajstić information content (AvgIpc) is 3.13. The number of nitrogens with one attached hydrogen (secondary N) is 2. The van der Waals surface area contributed by atoms with Crippen LogP contribution in [0.25, 0.3) is 11.1 Å². The van der Waals surface area contributed by atoms with Gasteiger partial charge in [-0.1, -0.05) is 23.4 Å². The van der Waals surface area contributed by atoms with Crippen molar-refractivity contribution in [2.24, 2.45) is 0 Å². The topological polar surface area (TPSA) is 80.1 Å². The Morgan fingerprint density at radius 2 is 1.74 bits per heavy atom. The molecule has 0 aliphatic rings. The Bertz CT molecular complexity index is 1390. The monoisotopic (exact) mass is 484 g/mol. The maximum atomic E-state index is 13.9. The maximum absolute atomic E-state index is 13.9. The molecule has 2 heterocycles. The number of rotatable bonds is 5. The molecule has 6 nitrogen and oxygen atoms in total. The number of nitrogens with zero attached hydrogens (tertiary/aromatic N) is 2. The van der Waals surface area contributed by atoms with Gasteiger partial charge in [-0.25, -0.2) is 9.37 Å². The van der Waals surface area contributed by atoms with Crippen LogP contribution in [0.2, 0.25) is 0 Å². The Kier molecular flexibility index (Phi) is 6.29. The lowest BCUT2D eigenvalue weighted by molar-refractivity contribution is -0.137. The lowest BCUT2D eigenvalue weighted by atomic mass is 10.1. The van der Waals surface area contributed by atoms with Crippen molar-refractivity contribution >= 4 is 23.1 Å². The van der Waals surface area contributed by atoms with E-state index in [9.17, 15) is 22.4 Å². The number of anilines is 3. The molecule has 0 atom stereocenters. The van der Waals surface area contributed by atoms with Crippen LogP contribution >= 0.6 is 0 Å². The third-order valence-electron chi connectivity index (χ3n) is 5.34. The summed E-state index contributed by atoms with van der Waals surface area (Å²) < 4.78 is 58.5. The van der Waals surface area contributed by atoms with E-state index in [1.807, 2.05) is 31.2 Å². The lowest BCUT2D eigenvalue weighted by Gasteiger charge is -2.16. The number of carbonyl (C=O) groups is 1. The molecule has 2 aromatic carbocycles. The smallest absolute Gasteiger partial charge is 0.361 e. The average molecular weight is 484 g/mol. The molecule has 0 saturated heterocycles. The lowest BCUT2D eigenvalue weighted by Crippen LogP contribution is -2.16. The second kappa shape index (κ2) is 9.21. The van der Waals surface area contributed by atoms with Gasteiger partial charge in [-0.05, 0) is 56.7 Å². The summed E-state index contributed by atoms with van der Waals surface area (Å²) in [5.74, 6) is -1.33. The van der Waals surface area contributed by atoms with Crippen LogP contribution < -0.4 is 10.6 Å². The normalized spacial score (nSPS) is 11.4. The van der Waals surface area contributed by atoms with Crippen LogP contribution in [0.5, 0.6) is 0 Å². The minimum atomic E-state index is -4.81. The summed E-state index contributed by atoms with van der Waals surface area (Å²) in [6, 6.07) is 10.6. The SMILES string of the molecule is Cc1ccccc1Nc1ncc(-c2c(C)noc2C)cc1NC(=O)c1cc(F)cc(C(F)(F)F)c1. The van der Waals surface area contributed by atoms with Gasteiger partial charge in [-0.3, -0.25) is 4.79 Å². The summed E-state index contributed by atoms with van der Waals surface area (Å²) in [6.45, 7) is 5.34. The molecule has 10 heteroatoms. The predicted octanol–water partition coefficient (Wildman–Crippen LogP) is 6.82. The number of pyridine rings is 1. The van der Waals surface area contributed by atoms with Crippen molar-refractivity contribution in [2.45, 2.75) is 26.9 Å². The van der Waals surface area contributed by atoms with Crippen LogP contribution in [0, 0.1) is 26.6 Å². The number of alkyl halides is 3. The highest BCUT2D eigenvalue weighted by Crippen LogP contribution is 2.34. The van der Waals surface area contributed by atoms with Crippen LogP contribution in [0.15, 0.2) is 59.3 Å². The molecule has 0 aliphatic carbocycles. The predicted molar refractivity (Wildman–Crippen MR) is 123 cm³/mol. The zero-order valence-electron chi connectivity index (χ0n) is 18.9. The van der Waals surface area contributed by atoms with E-state index in [1.54, 1.807) is 26.1 Å². The number of carbonyl (C=O) groups excluding carboxylic acids is 1. The number of aromatic nitrogens is 2. The summed E-state index contributed by atoms with van der Waals surface area (Å²) in [5.41, 5.74) is 1.88. The fourth-order valence-electron chi connectivity index (χ4n) is 3.61. The summed E-state index contributed by atoms with van der Waals surface area (Å²) in [4.78, 5) is 17.3. The molecule has 180 valence electrons. The van der Waals surface area contributed by atoms with Gasteiger partial charge in [-0.2, -0.15) is 13.2 Å². The van der Waals surface area contributed by atoms with Crippen molar-refractivity contribution in [2.75, 3.05) is 10.6 Å². The summed E-state index contributed by atoms with van der Waals surface area (Å²) in [7, 11) is 0. The molecule has 35 heavy (non-hydrogen) atoms. The maximum Gasteiger partial charge on any atom is 0.416 e. The molecule has 0 spiro atoms. The zero-order valence-corrected chi connectivity index (χ0v) is 18.9. The largest absolute Gasteiger partial charge is 0.416 e. The van der Waals surface area contributed by atoms with Gasteiger partial charge in [-0.15, -0.1) is 0 Å². The molecule has 0 unspecified atom stereocenters. The Morgan fingerprint density at radius 1 is 1.00 bits per heavy atom. The molecule has 4 aromatic rings. The Balaban J connectivity index is 1.76. The molecule has 0 saturated carbocycles. The fourth-order valence-corrected chi connectivity index (χ4v) is 3.61. The van der Waals surface area contributed by atoms with Crippen molar-refractivity contribution in [3.8, 4) is 11.1 Å². The van der Waals surface area contributed by atoms with Crippen molar-refractivity contribution < 1.29 is 26.9 Å². The highest BCUT2D eigenvalue weighted by molar-refractivity contribution is 6.06. The Labute approximate surface area is 198 Å².